The Morgan fingerprint density at radius 2 is 1.86 bits per heavy atom. The van der Waals surface area contributed by atoms with Gasteiger partial charge in [-0.05, 0) is 25.1 Å². The van der Waals surface area contributed by atoms with Gasteiger partial charge in [0.25, 0.3) is 0 Å². The highest BCUT2D eigenvalue weighted by Gasteiger charge is 2.41. The van der Waals surface area contributed by atoms with E-state index in [1.54, 1.807) is 6.92 Å². The molecule has 0 spiro atoms. The first-order chi connectivity index (χ1) is 13.5. The maximum atomic E-state index is 12.8. The van der Waals surface area contributed by atoms with Crippen LogP contribution in [0.5, 0.6) is 5.75 Å². The second kappa shape index (κ2) is 8.97. The smallest absolute Gasteiger partial charge is 0.407 e. The van der Waals surface area contributed by atoms with Crippen LogP contribution in [-0.4, -0.2) is 66.1 Å². The standard InChI is InChI=1S/C16H23N3O8S2/c1-4-27-16(21)18-13-8-28(22,23)9-14(13)19-29(24,25)11-5-6-15(26-3)12(7-11)17-10(2)20/h5-7,13-14,19H,4,8-9H2,1-3H3,(H,17,20)(H,18,21)/t13-,14-/m1/s1. The lowest BCUT2D eigenvalue weighted by Gasteiger charge is -2.20. The van der Waals surface area contributed by atoms with Gasteiger partial charge in [-0.1, -0.05) is 0 Å². The molecule has 2 amide bonds. The molecule has 162 valence electrons. The number of ether oxygens (including phenoxy) is 2. The largest absolute Gasteiger partial charge is 0.495 e. The molecule has 2 atom stereocenters. The summed E-state index contributed by atoms with van der Waals surface area (Å²) in [5, 5.41) is 4.84. The van der Waals surface area contributed by atoms with Crippen molar-refractivity contribution >= 4 is 37.5 Å². The quantitative estimate of drug-likeness (QED) is 0.518. The molecule has 11 nitrogen and oxygen atoms in total. The fourth-order valence-electron chi connectivity index (χ4n) is 2.84. The van der Waals surface area contributed by atoms with E-state index in [9.17, 15) is 26.4 Å². The summed E-state index contributed by atoms with van der Waals surface area (Å²) < 4.78 is 61.7. The summed E-state index contributed by atoms with van der Waals surface area (Å²) in [5.41, 5.74) is 0.142. The minimum atomic E-state index is -4.17. The molecule has 2 rings (SSSR count). The van der Waals surface area contributed by atoms with Crippen LogP contribution in [-0.2, 0) is 29.4 Å². The number of alkyl carbamates (subject to hydrolysis) is 1. The van der Waals surface area contributed by atoms with Gasteiger partial charge >= 0.3 is 6.09 Å². The monoisotopic (exact) mass is 449 g/mol. The van der Waals surface area contributed by atoms with E-state index < -0.39 is 55.5 Å². The van der Waals surface area contributed by atoms with Gasteiger partial charge in [0.1, 0.15) is 5.75 Å². The van der Waals surface area contributed by atoms with Crippen molar-refractivity contribution in [3.05, 3.63) is 18.2 Å². The van der Waals surface area contributed by atoms with E-state index in [0.29, 0.717) is 0 Å². The number of nitrogens with one attached hydrogen (secondary N) is 3. The van der Waals surface area contributed by atoms with Crippen molar-refractivity contribution in [3.8, 4) is 5.75 Å². The van der Waals surface area contributed by atoms with Gasteiger partial charge in [-0.25, -0.2) is 26.4 Å². The fourth-order valence-corrected chi connectivity index (χ4v) is 6.11. The zero-order valence-corrected chi connectivity index (χ0v) is 17.7. The first-order valence-corrected chi connectivity index (χ1v) is 11.9. The van der Waals surface area contributed by atoms with E-state index in [4.69, 9.17) is 9.47 Å². The third-order valence-corrected chi connectivity index (χ3v) is 7.25. The highest BCUT2D eigenvalue weighted by Crippen LogP contribution is 2.28. The van der Waals surface area contributed by atoms with Crippen LogP contribution in [0.4, 0.5) is 10.5 Å². The van der Waals surface area contributed by atoms with Crippen LogP contribution < -0.4 is 20.1 Å². The number of hydrogen-bond acceptors (Lipinski definition) is 8. The zero-order chi connectivity index (χ0) is 21.8. The molecule has 1 saturated heterocycles. The first-order valence-electron chi connectivity index (χ1n) is 8.59. The fraction of sp³-hybridized carbons (Fsp3) is 0.500. The lowest BCUT2D eigenvalue weighted by Crippen LogP contribution is -2.51. The molecule has 0 bridgehead atoms. The molecule has 29 heavy (non-hydrogen) atoms. The number of methoxy groups -OCH3 is 1. The van der Waals surface area contributed by atoms with Gasteiger partial charge in [0.05, 0.1) is 47.9 Å². The van der Waals surface area contributed by atoms with Crippen molar-refractivity contribution in [2.75, 3.05) is 30.5 Å². The Balaban J connectivity index is 2.28. The summed E-state index contributed by atoms with van der Waals surface area (Å²) in [5.74, 6) is -1.06. The van der Waals surface area contributed by atoms with Crippen LogP contribution in [0.25, 0.3) is 0 Å². The van der Waals surface area contributed by atoms with Crippen molar-refractivity contribution in [2.45, 2.75) is 30.8 Å². The topological polar surface area (TPSA) is 157 Å². The number of carbonyl (C=O) groups excluding carboxylic acids is 2. The minimum Gasteiger partial charge on any atom is -0.495 e. The third-order valence-electron chi connectivity index (χ3n) is 4.03. The van der Waals surface area contributed by atoms with Gasteiger partial charge in [0, 0.05) is 6.92 Å². The summed E-state index contributed by atoms with van der Waals surface area (Å²) >= 11 is 0. The Hall–Kier alpha value is -2.38. The molecule has 1 heterocycles. The van der Waals surface area contributed by atoms with Crippen LogP contribution in [0, 0.1) is 0 Å². The molecule has 1 aromatic carbocycles. The number of sulfonamides is 1. The Morgan fingerprint density at radius 3 is 2.45 bits per heavy atom. The molecule has 0 saturated carbocycles. The van der Waals surface area contributed by atoms with Gasteiger partial charge in [0.15, 0.2) is 9.84 Å². The number of sulfone groups is 1. The van der Waals surface area contributed by atoms with E-state index in [0.717, 1.165) is 0 Å². The molecule has 0 radical (unpaired) electrons. The second-order valence-corrected chi connectivity index (χ2v) is 10.2. The number of amides is 2. The van der Waals surface area contributed by atoms with Crippen LogP contribution in [0.15, 0.2) is 23.1 Å². The molecule has 13 heteroatoms. The van der Waals surface area contributed by atoms with Crippen molar-refractivity contribution in [3.63, 3.8) is 0 Å². The van der Waals surface area contributed by atoms with E-state index in [2.05, 4.69) is 15.4 Å². The number of carbonyl (C=O) groups is 2. The van der Waals surface area contributed by atoms with Crippen molar-refractivity contribution in [2.24, 2.45) is 0 Å². The second-order valence-electron chi connectivity index (χ2n) is 6.32. The van der Waals surface area contributed by atoms with Crippen LogP contribution in [0.3, 0.4) is 0 Å². The highest BCUT2D eigenvalue weighted by atomic mass is 32.2. The Bertz CT molecular complexity index is 991. The maximum Gasteiger partial charge on any atom is 0.407 e. The lowest BCUT2D eigenvalue weighted by molar-refractivity contribution is -0.114. The van der Waals surface area contributed by atoms with E-state index in [-0.39, 0.29) is 22.9 Å². The molecular formula is C16H23N3O8S2. The van der Waals surface area contributed by atoms with Gasteiger partial charge in [0.2, 0.25) is 15.9 Å². The Labute approximate surface area is 169 Å². The maximum absolute atomic E-state index is 12.8. The summed E-state index contributed by atoms with van der Waals surface area (Å²) in [4.78, 5) is 22.8. The molecule has 3 N–H and O–H groups in total. The molecule has 0 aromatic heterocycles. The summed E-state index contributed by atoms with van der Waals surface area (Å²) in [7, 11) is -6.38. The third kappa shape index (κ3) is 6.05. The van der Waals surface area contributed by atoms with E-state index in [1.165, 1.54) is 32.2 Å². The lowest BCUT2D eigenvalue weighted by atomic mass is 10.2. The van der Waals surface area contributed by atoms with Gasteiger partial charge in [-0.2, -0.15) is 0 Å². The zero-order valence-electron chi connectivity index (χ0n) is 16.1. The predicted molar refractivity (Wildman–Crippen MR) is 104 cm³/mol. The molecule has 1 fully saturated rings. The average Bonchev–Trinajstić information content (AvgIpc) is 2.86. The molecule has 0 unspecified atom stereocenters. The number of rotatable bonds is 7. The van der Waals surface area contributed by atoms with Crippen molar-refractivity contribution in [1.29, 1.82) is 0 Å². The summed E-state index contributed by atoms with van der Waals surface area (Å²) in [6, 6.07) is 1.74. The van der Waals surface area contributed by atoms with Gasteiger partial charge in [-0.15, -0.1) is 0 Å². The summed E-state index contributed by atoms with van der Waals surface area (Å²) in [6.07, 6.45) is -0.837. The number of anilines is 1. The van der Waals surface area contributed by atoms with Crippen LogP contribution in [0.1, 0.15) is 13.8 Å². The molecule has 1 aliphatic rings. The molecule has 1 aromatic rings. The molecular weight excluding hydrogens is 426 g/mol. The Kier molecular flexibility index (Phi) is 7.08. The van der Waals surface area contributed by atoms with Crippen molar-refractivity contribution in [1.82, 2.24) is 10.0 Å². The normalized spacial score (nSPS) is 20.7. The van der Waals surface area contributed by atoms with Gasteiger partial charge < -0.3 is 20.1 Å². The molecule has 0 aliphatic carbocycles. The SMILES string of the molecule is CCOC(=O)N[C@@H]1CS(=O)(=O)C[C@H]1NS(=O)(=O)c1ccc(OC)c(NC(C)=O)c1. The van der Waals surface area contributed by atoms with Crippen LogP contribution in [0.2, 0.25) is 0 Å². The highest BCUT2D eigenvalue weighted by molar-refractivity contribution is 7.92. The van der Waals surface area contributed by atoms with Crippen molar-refractivity contribution < 1.29 is 35.9 Å². The van der Waals surface area contributed by atoms with Crippen LogP contribution >= 0.6 is 0 Å². The average molecular weight is 450 g/mol. The predicted octanol–water partition coefficient (Wildman–Crippen LogP) is -0.156. The van der Waals surface area contributed by atoms with E-state index in [1.807, 2.05) is 0 Å². The summed E-state index contributed by atoms with van der Waals surface area (Å²) in [6.45, 7) is 2.93. The minimum absolute atomic E-state index is 0.0828. The number of hydrogen-bond donors (Lipinski definition) is 3. The molecule has 1 aliphatic heterocycles. The Morgan fingerprint density at radius 1 is 1.21 bits per heavy atom. The van der Waals surface area contributed by atoms with Gasteiger partial charge in [-0.3, -0.25) is 4.79 Å². The number of benzene rings is 1. The first kappa shape index (κ1) is 22.9. The van der Waals surface area contributed by atoms with E-state index >= 15 is 0 Å².